The Labute approximate surface area is 147 Å². The highest BCUT2D eigenvalue weighted by Gasteiger charge is 2.45. The van der Waals surface area contributed by atoms with Crippen LogP contribution in [0.5, 0.6) is 0 Å². The molecule has 1 N–H and O–H groups in total. The van der Waals surface area contributed by atoms with E-state index in [0.717, 1.165) is 16.5 Å². The number of hydrogen-bond acceptors (Lipinski definition) is 6. The molecule has 2 aliphatic rings. The van der Waals surface area contributed by atoms with Crippen LogP contribution in [0.2, 0.25) is 0 Å². The summed E-state index contributed by atoms with van der Waals surface area (Å²) in [6, 6.07) is 5.59. The van der Waals surface area contributed by atoms with Gasteiger partial charge >= 0.3 is 5.97 Å². The van der Waals surface area contributed by atoms with Gasteiger partial charge in [-0.15, -0.1) is 0 Å². The summed E-state index contributed by atoms with van der Waals surface area (Å²) in [7, 11) is 0. The number of rotatable bonds is 1. The first-order chi connectivity index (χ1) is 12.5. The summed E-state index contributed by atoms with van der Waals surface area (Å²) in [5.41, 5.74) is 1.55. The summed E-state index contributed by atoms with van der Waals surface area (Å²) in [6.07, 6.45) is 3.51. The molecule has 5 rings (SSSR count). The van der Waals surface area contributed by atoms with E-state index in [1.165, 1.54) is 0 Å². The molecule has 0 radical (unpaired) electrons. The second kappa shape index (κ2) is 4.98. The molecule has 0 spiro atoms. The summed E-state index contributed by atoms with van der Waals surface area (Å²) >= 11 is 0. The molecule has 2 aliphatic heterocycles. The predicted octanol–water partition coefficient (Wildman–Crippen LogP) is 1.47. The fraction of sp³-hybridized carbons (Fsp3) is 0.263. The molecule has 7 heteroatoms. The van der Waals surface area contributed by atoms with Gasteiger partial charge in [0.15, 0.2) is 5.60 Å². The Morgan fingerprint density at radius 1 is 1.35 bits per heavy atom. The average Bonchev–Trinajstić information content (AvgIpc) is 3.01. The number of esters is 1. The molecule has 0 saturated carbocycles. The summed E-state index contributed by atoms with van der Waals surface area (Å²) in [5.74, 6) is -0.717. The maximum atomic E-state index is 13.0. The molecule has 26 heavy (non-hydrogen) atoms. The van der Waals surface area contributed by atoms with Crippen molar-refractivity contribution in [2.75, 3.05) is 0 Å². The molecule has 0 aliphatic carbocycles. The molecule has 0 amide bonds. The van der Waals surface area contributed by atoms with Gasteiger partial charge in [0.2, 0.25) is 0 Å². The smallest absolute Gasteiger partial charge is 0.343 e. The van der Waals surface area contributed by atoms with Crippen molar-refractivity contribution in [3.8, 4) is 11.4 Å². The first-order valence-corrected chi connectivity index (χ1v) is 8.43. The van der Waals surface area contributed by atoms with Gasteiger partial charge in [-0.25, -0.2) is 9.78 Å². The van der Waals surface area contributed by atoms with E-state index in [4.69, 9.17) is 4.74 Å². The number of ether oxygens (including phenoxy) is 1. The Kier molecular flexibility index (Phi) is 2.92. The van der Waals surface area contributed by atoms with E-state index >= 15 is 0 Å². The Bertz CT molecular complexity index is 1170. The van der Waals surface area contributed by atoms with Gasteiger partial charge in [0.25, 0.3) is 5.56 Å². The molecule has 130 valence electrons. The van der Waals surface area contributed by atoms with Crippen LogP contribution in [-0.4, -0.2) is 25.6 Å². The minimum atomic E-state index is -1.80. The van der Waals surface area contributed by atoms with E-state index in [0.29, 0.717) is 29.1 Å². The second-order valence-corrected chi connectivity index (χ2v) is 6.67. The summed E-state index contributed by atoms with van der Waals surface area (Å²) < 4.78 is 6.69. The Balaban J connectivity index is 1.81. The largest absolute Gasteiger partial charge is 0.458 e. The lowest BCUT2D eigenvalue weighted by atomic mass is 9.86. The topological polar surface area (TPSA) is 94.3 Å². The number of fused-ring (bicyclic) bond motifs is 5. The van der Waals surface area contributed by atoms with E-state index in [1.807, 2.05) is 12.1 Å². The van der Waals surface area contributed by atoms with Crippen LogP contribution in [0.4, 0.5) is 0 Å². The molecule has 0 aromatic carbocycles. The maximum Gasteiger partial charge on any atom is 0.343 e. The van der Waals surface area contributed by atoms with Crippen molar-refractivity contribution < 1.29 is 14.6 Å². The van der Waals surface area contributed by atoms with Crippen molar-refractivity contribution >= 4 is 16.9 Å². The van der Waals surface area contributed by atoms with Crippen LogP contribution in [0, 0.1) is 0 Å². The number of carbonyl (C=O) groups excluding carboxylic acids is 1. The van der Waals surface area contributed by atoms with Crippen LogP contribution in [-0.2, 0) is 28.3 Å². The van der Waals surface area contributed by atoms with Crippen molar-refractivity contribution in [3.63, 3.8) is 0 Å². The first-order valence-electron chi connectivity index (χ1n) is 8.43. The molecule has 3 aromatic rings. The third-order valence-electron chi connectivity index (χ3n) is 5.31. The maximum absolute atomic E-state index is 13.0. The van der Waals surface area contributed by atoms with Gasteiger partial charge in [-0.2, -0.15) is 0 Å². The highest BCUT2D eigenvalue weighted by Crippen LogP contribution is 2.38. The minimum Gasteiger partial charge on any atom is -0.458 e. The molecule has 3 aromatic heterocycles. The fourth-order valence-electron chi connectivity index (χ4n) is 3.83. The Morgan fingerprint density at radius 3 is 3.00 bits per heavy atom. The second-order valence-electron chi connectivity index (χ2n) is 6.67. The minimum absolute atomic E-state index is 0.120. The average molecular weight is 349 g/mol. The van der Waals surface area contributed by atoms with Crippen LogP contribution in [0.25, 0.3) is 22.3 Å². The molecule has 1 atom stereocenters. The normalized spacial score (nSPS) is 20.5. The van der Waals surface area contributed by atoms with Gasteiger partial charge in [0.05, 0.1) is 35.2 Å². The molecular formula is C19H15N3O4. The number of hydrogen-bond donors (Lipinski definition) is 1. The van der Waals surface area contributed by atoms with E-state index in [1.54, 1.807) is 30.0 Å². The zero-order valence-electron chi connectivity index (χ0n) is 14.0. The van der Waals surface area contributed by atoms with Gasteiger partial charge in [0.1, 0.15) is 6.61 Å². The summed E-state index contributed by atoms with van der Waals surface area (Å²) in [6.45, 7) is 1.97. The number of aromatic nitrogens is 3. The van der Waals surface area contributed by atoms with Crippen LogP contribution < -0.4 is 5.56 Å². The van der Waals surface area contributed by atoms with Gasteiger partial charge in [-0.3, -0.25) is 9.78 Å². The molecule has 0 unspecified atom stereocenters. The third-order valence-corrected chi connectivity index (χ3v) is 5.31. The van der Waals surface area contributed by atoms with Crippen LogP contribution >= 0.6 is 0 Å². The van der Waals surface area contributed by atoms with Crippen LogP contribution in [0.3, 0.4) is 0 Å². The SMILES string of the molecule is CC[C@@]1(O)C(=O)OCc2c1cc1n(c2=O)Cc2cc3ccncc3nc2-1. The molecule has 0 fully saturated rings. The zero-order valence-corrected chi connectivity index (χ0v) is 14.0. The van der Waals surface area contributed by atoms with Crippen LogP contribution in [0.15, 0.2) is 35.4 Å². The summed E-state index contributed by atoms with van der Waals surface area (Å²) in [5, 5.41) is 11.8. The van der Waals surface area contributed by atoms with Crippen molar-refractivity contribution in [3.05, 3.63) is 57.6 Å². The highest BCUT2D eigenvalue weighted by molar-refractivity contribution is 5.85. The molecule has 0 saturated heterocycles. The molecular weight excluding hydrogens is 334 g/mol. The van der Waals surface area contributed by atoms with Crippen molar-refractivity contribution in [2.24, 2.45) is 0 Å². The van der Waals surface area contributed by atoms with E-state index in [-0.39, 0.29) is 18.6 Å². The third kappa shape index (κ3) is 1.80. The van der Waals surface area contributed by atoms with E-state index < -0.39 is 11.6 Å². The van der Waals surface area contributed by atoms with Crippen molar-refractivity contribution in [1.82, 2.24) is 14.5 Å². The highest BCUT2D eigenvalue weighted by atomic mass is 16.6. The number of nitrogens with zero attached hydrogens (tertiary/aromatic N) is 3. The van der Waals surface area contributed by atoms with Gasteiger partial charge in [0, 0.05) is 22.7 Å². The quantitative estimate of drug-likeness (QED) is 0.523. The van der Waals surface area contributed by atoms with Crippen molar-refractivity contribution in [2.45, 2.75) is 32.1 Å². The van der Waals surface area contributed by atoms with Gasteiger partial charge in [-0.1, -0.05) is 6.92 Å². The van der Waals surface area contributed by atoms with Crippen LogP contribution in [0.1, 0.15) is 30.0 Å². The monoisotopic (exact) mass is 349 g/mol. The number of cyclic esters (lactones) is 1. The van der Waals surface area contributed by atoms with Crippen molar-refractivity contribution in [1.29, 1.82) is 0 Å². The first kappa shape index (κ1) is 15.2. The Hall–Kier alpha value is -3.06. The molecule has 5 heterocycles. The number of carbonyl (C=O) groups is 1. The lowest BCUT2D eigenvalue weighted by Crippen LogP contribution is -2.44. The lowest BCUT2D eigenvalue weighted by molar-refractivity contribution is -0.172. The Morgan fingerprint density at radius 2 is 2.19 bits per heavy atom. The fourth-order valence-corrected chi connectivity index (χ4v) is 3.83. The van der Waals surface area contributed by atoms with E-state index in [9.17, 15) is 14.7 Å². The predicted molar refractivity (Wildman–Crippen MR) is 92.3 cm³/mol. The molecule has 0 bridgehead atoms. The molecule has 7 nitrogen and oxygen atoms in total. The zero-order chi connectivity index (χ0) is 18.1. The number of pyridine rings is 3. The van der Waals surface area contributed by atoms with E-state index in [2.05, 4.69) is 9.97 Å². The van der Waals surface area contributed by atoms with Gasteiger partial charge < -0.3 is 14.4 Å². The lowest BCUT2D eigenvalue weighted by Gasteiger charge is -2.31. The number of aliphatic hydroxyl groups is 1. The summed E-state index contributed by atoms with van der Waals surface area (Å²) in [4.78, 5) is 33.9. The van der Waals surface area contributed by atoms with Gasteiger partial charge in [-0.05, 0) is 24.6 Å². The standard InChI is InChI=1S/C19H15N3O4/c1-2-19(25)13-6-15-16-11(5-10-3-4-20-7-14(10)21-16)8-22(15)17(23)12(13)9-26-18(19)24/h3-7,25H,2,8-9H2,1H3/t19-/m0/s1.